The first-order valence-electron chi connectivity index (χ1n) is 7.31. The molecule has 2 aromatic rings. The second-order valence-corrected chi connectivity index (χ2v) is 5.19. The van der Waals surface area contributed by atoms with Gasteiger partial charge in [-0.3, -0.25) is 4.99 Å². The first kappa shape index (κ1) is 19.9. The molecule has 0 saturated carbocycles. The summed E-state index contributed by atoms with van der Waals surface area (Å²) in [6.45, 7) is 2.98. The van der Waals surface area contributed by atoms with Crippen molar-refractivity contribution in [3.63, 3.8) is 0 Å². The zero-order chi connectivity index (χ0) is 16.7. The van der Waals surface area contributed by atoms with Crippen LogP contribution in [-0.2, 0) is 13.1 Å². The molecule has 0 aliphatic heterocycles. The van der Waals surface area contributed by atoms with E-state index in [0.29, 0.717) is 30.2 Å². The lowest BCUT2D eigenvalue weighted by atomic mass is 10.1. The number of rotatable bonds is 4. The maximum Gasteiger partial charge on any atom is 0.191 e. The molecule has 24 heavy (non-hydrogen) atoms. The molecule has 0 bridgehead atoms. The summed E-state index contributed by atoms with van der Waals surface area (Å²) in [6, 6.07) is 14.5. The van der Waals surface area contributed by atoms with E-state index in [1.807, 2.05) is 31.2 Å². The molecule has 0 saturated heterocycles. The van der Waals surface area contributed by atoms with E-state index in [4.69, 9.17) is 5.26 Å². The average molecular weight is 438 g/mol. The highest BCUT2D eigenvalue weighted by Crippen LogP contribution is 2.09. The van der Waals surface area contributed by atoms with E-state index in [0.717, 1.165) is 5.56 Å². The molecule has 0 aliphatic rings. The molecule has 0 aliphatic carbocycles. The van der Waals surface area contributed by atoms with Gasteiger partial charge in [0.1, 0.15) is 5.82 Å². The van der Waals surface area contributed by atoms with Gasteiger partial charge in [0, 0.05) is 25.7 Å². The highest BCUT2D eigenvalue weighted by atomic mass is 127. The third-order valence-corrected chi connectivity index (χ3v) is 3.39. The highest BCUT2D eigenvalue weighted by molar-refractivity contribution is 14.0. The Morgan fingerprint density at radius 2 is 1.92 bits per heavy atom. The van der Waals surface area contributed by atoms with Crippen LogP contribution >= 0.6 is 24.0 Å². The van der Waals surface area contributed by atoms with E-state index in [9.17, 15) is 4.39 Å². The summed E-state index contributed by atoms with van der Waals surface area (Å²) in [5.74, 6) is 0.195. The number of benzene rings is 2. The molecule has 0 atom stereocenters. The standard InChI is InChI=1S/C18H19FN4.HI/c1-13-4-3-5-15(8-13)11-22-18(21-2)23-12-16-7-6-14(10-20)9-17(16)19;/h3-9H,11-12H2,1-2H3,(H2,21,22,23);1H. The lowest BCUT2D eigenvalue weighted by molar-refractivity contribution is 0.604. The van der Waals surface area contributed by atoms with E-state index in [-0.39, 0.29) is 24.0 Å². The Morgan fingerprint density at radius 1 is 1.17 bits per heavy atom. The molecule has 126 valence electrons. The Balaban J connectivity index is 0.00000288. The Kier molecular flexibility index (Phi) is 8.19. The van der Waals surface area contributed by atoms with E-state index in [1.165, 1.54) is 11.6 Å². The number of aliphatic imine (C=N–C) groups is 1. The van der Waals surface area contributed by atoms with Crippen molar-refractivity contribution in [1.82, 2.24) is 10.6 Å². The number of nitrogens with zero attached hydrogens (tertiary/aromatic N) is 2. The van der Waals surface area contributed by atoms with Gasteiger partial charge < -0.3 is 10.6 Å². The number of aryl methyl sites for hydroxylation is 1. The van der Waals surface area contributed by atoms with Crippen LogP contribution in [0, 0.1) is 24.1 Å². The van der Waals surface area contributed by atoms with Gasteiger partial charge in [-0.15, -0.1) is 24.0 Å². The summed E-state index contributed by atoms with van der Waals surface area (Å²) in [6.07, 6.45) is 0. The first-order valence-corrected chi connectivity index (χ1v) is 7.31. The van der Waals surface area contributed by atoms with Gasteiger partial charge >= 0.3 is 0 Å². The van der Waals surface area contributed by atoms with Crippen molar-refractivity contribution in [2.75, 3.05) is 7.05 Å². The number of hydrogen-bond donors (Lipinski definition) is 2. The smallest absolute Gasteiger partial charge is 0.191 e. The minimum atomic E-state index is -0.398. The molecule has 4 nitrogen and oxygen atoms in total. The van der Waals surface area contributed by atoms with Crippen LogP contribution in [0.5, 0.6) is 0 Å². The largest absolute Gasteiger partial charge is 0.352 e. The van der Waals surface area contributed by atoms with Crippen LogP contribution in [0.3, 0.4) is 0 Å². The van der Waals surface area contributed by atoms with Gasteiger partial charge in [0.2, 0.25) is 0 Å². The normalized spacial score (nSPS) is 10.5. The van der Waals surface area contributed by atoms with Gasteiger partial charge in [-0.1, -0.05) is 35.9 Å². The van der Waals surface area contributed by atoms with Crippen LogP contribution in [0.2, 0.25) is 0 Å². The van der Waals surface area contributed by atoms with Crippen LogP contribution in [0.4, 0.5) is 4.39 Å². The van der Waals surface area contributed by atoms with E-state index in [1.54, 1.807) is 19.2 Å². The lowest BCUT2D eigenvalue weighted by Gasteiger charge is -2.12. The first-order chi connectivity index (χ1) is 11.1. The molecule has 0 unspecified atom stereocenters. The fourth-order valence-corrected chi connectivity index (χ4v) is 2.17. The monoisotopic (exact) mass is 438 g/mol. The summed E-state index contributed by atoms with van der Waals surface area (Å²) < 4.78 is 13.8. The molecule has 0 aromatic heterocycles. The predicted octanol–water partition coefficient (Wildman–Crippen LogP) is 3.49. The number of nitriles is 1. The van der Waals surface area contributed by atoms with Gasteiger partial charge in [-0.25, -0.2) is 4.39 Å². The summed E-state index contributed by atoms with van der Waals surface area (Å²) in [7, 11) is 1.67. The van der Waals surface area contributed by atoms with E-state index in [2.05, 4.69) is 21.7 Å². The second kappa shape index (κ2) is 9.88. The average Bonchev–Trinajstić information content (AvgIpc) is 2.56. The maximum absolute atomic E-state index is 13.8. The fraction of sp³-hybridized carbons (Fsp3) is 0.222. The van der Waals surface area contributed by atoms with Crippen LogP contribution in [0.1, 0.15) is 22.3 Å². The summed E-state index contributed by atoms with van der Waals surface area (Å²) >= 11 is 0. The number of guanidine groups is 1. The van der Waals surface area contributed by atoms with Crippen LogP contribution in [0.25, 0.3) is 0 Å². The Bertz CT molecular complexity index is 753. The number of halogens is 2. The Hall–Kier alpha value is -2.14. The molecule has 2 N–H and O–H groups in total. The van der Waals surface area contributed by atoms with E-state index >= 15 is 0 Å². The molecule has 2 rings (SSSR count). The van der Waals surface area contributed by atoms with Crippen molar-refractivity contribution in [3.05, 3.63) is 70.5 Å². The summed E-state index contributed by atoms with van der Waals surface area (Å²) in [5, 5.41) is 15.0. The van der Waals surface area contributed by atoms with E-state index < -0.39 is 5.82 Å². The fourth-order valence-electron chi connectivity index (χ4n) is 2.17. The number of nitrogens with one attached hydrogen (secondary N) is 2. The quantitative estimate of drug-likeness (QED) is 0.437. The summed E-state index contributed by atoms with van der Waals surface area (Å²) in [5.41, 5.74) is 3.15. The molecular weight excluding hydrogens is 418 g/mol. The maximum atomic E-state index is 13.8. The van der Waals surface area contributed by atoms with Gasteiger partial charge in [0.15, 0.2) is 5.96 Å². The third kappa shape index (κ3) is 5.81. The zero-order valence-corrected chi connectivity index (χ0v) is 16.0. The van der Waals surface area contributed by atoms with Gasteiger partial charge in [0.25, 0.3) is 0 Å². The molecule has 0 amide bonds. The molecule has 6 heteroatoms. The minimum absolute atomic E-state index is 0. The molecule has 0 heterocycles. The van der Waals surface area contributed by atoms with Crippen molar-refractivity contribution in [2.24, 2.45) is 4.99 Å². The second-order valence-electron chi connectivity index (χ2n) is 5.19. The van der Waals surface area contributed by atoms with Crippen molar-refractivity contribution in [3.8, 4) is 6.07 Å². The SMILES string of the molecule is CN=C(NCc1cccc(C)c1)NCc1ccc(C#N)cc1F.I. The topological polar surface area (TPSA) is 60.2 Å². The van der Waals surface area contributed by atoms with Crippen molar-refractivity contribution < 1.29 is 4.39 Å². The van der Waals surface area contributed by atoms with Crippen molar-refractivity contribution >= 4 is 29.9 Å². The van der Waals surface area contributed by atoms with Crippen molar-refractivity contribution in [1.29, 1.82) is 5.26 Å². The van der Waals surface area contributed by atoms with Crippen LogP contribution in [-0.4, -0.2) is 13.0 Å². The lowest BCUT2D eigenvalue weighted by Crippen LogP contribution is -2.36. The molecule has 0 fully saturated rings. The molecular formula is C18H20FIN4. The van der Waals surface area contributed by atoms with Crippen molar-refractivity contribution in [2.45, 2.75) is 20.0 Å². The van der Waals surface area contributed by atoms with Crippen LogP contribution in [0.15, 0.2) is 47.5 Å². The number of hydrogen-bond acceptors (Lipinski definition) is 2. The Labute approximate surface area is 158 Å². The van der Waals surface area contributed by atoms with Gasteiger partial charge in [-0.2, -0.15) is 5.26 Å². The predicted molar refractivity (Wildman–Crippen MR) is 105 cm³/mol. The summed E-state index contributed by atoms with van der Waals surface area (Å²) in [4.78, 5) is 4.12. The molecule has 0 spiro atoms. The van der Waals surface area contributed by atoms with Gasteiger partial charge in [-0.05, 0) is 24.6 Å². The minimum Gasteiger partial charge on any atom is -0.352 e. The third-order valence-electron chi connectivity index (χ3n) is 3.39. The molecule has 2 aromatic carbocycles. The van der Waals surface area contributed by atoms with Crippen LogP contribution < -0.4 is 10.6 Å². The zero-order valence-electron chi connectivity index (χ0n) is 13.6. The highest BCUT2D eigenvalue weighted by Gasteiger charge is 2.05. The Morgan fingerprint density at radius 3 is 2.54 bits per heavy atom. The van der Waals surface area contributed by atoms with Gasteiger partial charge in [0.05, 0.1) is 11.6 Å². The molecule has 0 radical (unpaired) electrons.